The Balaban J connectivity index is 1.20. The fraction of sp³-hybridized carbons (Fsp3) is 0. The summed E-state index contributed by atoms with van der Waals surface area (Å²) in [6, 6.07) is 76.8. The third-order valence-corrected chi connectivity index (χ3v) is 11.8. The van der Waals surface area contributed by atoms with Gasteiger partial charge < -0.3 is 4.40 Å². The molecule has 3 heteroatoms. The summed E-state index contributed by atoms with van der Waals surface area (Å²) in [6.45, 7) is 0. The third-order valence-electron chi connectivity index (χ3n) is 11.8. The van der Waals surface area contributed by atoms with Crippen molar-refractivity contribution in [3.63, 3.8) is 0 Å². The molecule has 0 saturated carbocycles. The molecule has 0 fully saturated rings. The fourth-order valence-corrected chi connectivity index (χ4v) is 9.22. The number of aromatic nitrogens is 3. The second-order valence-corrected chi connectivity index (χ2v) is 15.2. The molecule has 0 saturated heterocycles. The van der Waals surface area contributed by atoms with Crippen LogP contribution >= 0.6 is 0 Å². The zero-order chi connectivity index (χ0) is 38.2. The van der Waals surface area contributed by atoms with E-state index in [4.69, 9.17) is 4.98 Å². The van der Waals surface area contributed by atoms with Crippen LogP contribution in [-0.4, -0.2) is 14.0 Å². The molecule has 8 aromatic carbocycles. The molecule has 0 aliphatic rings. The summed E-state index contributed by atoms with van der Waals surface area (Å²) in [5.41, 5.74) is 14.9. The van der Waals surface area contributed by atoms with Crippen molar-refractivity contribution in [1.29, 1.82) is 0 Å². The summed E-state index contributed by atoms with van der Waals surface area (Å²) in [7, 11) is 0. The number of hydrogen-bond donors (Lipinski definition) is 0. The van der Waals surface area contributed by atoms with E-state index in [0.29, 0.717) is 0 Å². The van der Waals surface area contributed by atoms with Gasteiger partial charge in [-0.15, -0.1) is 0 Å². The lowest BCUT2D eigenvalue weighted by molar-refractivity contribution is 1.09. The zero-order valence-electron chi connectivity index (χ0n) is 31.5. The van der Waals surface area contributed by atoms with Crippen LogP contribution in [0.3, 0.4) is 0 Å². The molecule has 0 aliphatic heterocycles. The number of nitrogens with zero attached hydrogens (tertiary/aromatic N) is 3. The fourth-order valence-electron chi connectivity index (χ4n) is 9.22. The van der Waals surface area contributed by atoms with Crippen molar-refractivity contribution in [2.45, 2.75) is 0 Å². The average Bonchev–Trinajstić information content (AvgIpc) is 3.86. The van der Waals surface area contributed by atoms with Crippen LogP contribution in [0.15, 0.2) is 212 Å². The van der Waals surface area contributed by atoms with Crippen molar-refractivity contribution in [2.24, 2.45) is 0 Å². The van der Waals surface area contributed by atoms with Crippen LogP contribution in [0.1, 0.15) is 0 Å². The monoisotopic (exact) mass is 737 g/mol. The highest BCUT2D eigenvalue weighted by atomic mass is 15.1. The minimum absolute atomic E-state index is 0.880. The topological polar surface area (TPSA) is 22.2 Å². The van der Waals surface area contributed by atoms with Gasteiger partial charge in [0.25, 0.3) is 0 Å². The highest BCUT2D eigenvalue weighted by Gasteiger charge is 2.21. The predicted molar refractivity (Wildman–Crippen MR) is 244 cm³/mol. The molecule has 4 heterocycles. The first kappa shape index (κ1) is 32.5. The van der Waals surface area contributed by atoms with Crippen molar-refractivity contribution in [3.8, 4) is 50.5 Å². The molecule has 0 aliphatic carbocycles. The second kappa shape index (κ2) is 12.9. The van der Waals surface area contributed by atoms with Crippen LogP contribution < -0.4 is 0 Å². The van der Waals surface area contributed by atoms with Crippen molar-refractivity contribution < 1.29 is 0 Å². The number of benzene rings is 8. The van der Waals surface area contributed by atoms with Gasteiger partial charge in [-0.3, -0.25) is 4.57 Å². The maximum atomic E-state index is 5.63. The van der Waals surface area contributed by atoms with Crippen molar-refractivity contribution in [2.75, 3.05) is 0 Å². The molecule has 0 N–H and O–H groups in total. The Bertz CT molecular complexity index is 3460. The van der Waals surface area contributed by atoms with E-state index < -0.39 is 0 Å². The van der Waals surface area contributed by atoms with Gasteiger partial charge in [-0.25, -0.2) is 4.98 Å². The summed E-state index contributed by atoms with van der Waals surface area (Å²) < 4.78 is 4.86. The zero-order valence-corrected chi connectivity index (χ0v) is 31.5. The third kappa shape index (κ3) is 5.04. The standard InChI is InChI=1S/C55H35N3/c1-3-15-36(16-4-1)38-20-13-22-40(31-38)43-33-48(41-23-14-21-39(32-41)37-17-5-2-6-18-37)56-53(35-43)58-50-27-11-8-24-44(50)45-29-30-47-52-34-42-19-7-10-26-49(42)57(52)51-28-12-9-25-46(51)54(47)55(45)58/h1-35H. The van der Waals surface area contributed by atoms with E-state index in [1.165, 1.54) is 65.6 Å². The van der Waals surface area contributed by atoms with Gasteiger partial charge in [0.15, 0.2) is 0 Å². The molecule has 0 atom stereocenters. The highest BCUT2D eigenvalue weighted by Crippen LogP contribution is 2.43. The normalized spacial score (nSPS) is 11.8. The van der Waals surface area contributed by atoms with Gasteiger partial charge in [-0.2, -0.15) is 0 Å². The molecule has 4 aromatic heterocycles. The van der Waals surface area contributed by atoms with Gasteiger partial charge in [0, 0.05) is 37.9 Å². The largest absolute Gasteiger partial charge is 0.309 e. The number of pyridine rings is 2. The summed E-state index contributed by atoms with van der Waals surface area (Å²) in [5, 5.41) is 7.30. The molecule has 0 amide bonds. The SMILES string of the molecule is c1ccc(-c2cccc(-c3cc(-c4cccc(-c5ccccc5)c4)nc(-n4c5ccccc5c5ccc6c(c7ccccc7n7c8ccccc8cc67)c54)c3)c2)cc1. The van der Waals surface area contributed by atoms with E-state index in [-0.39, 0.29) is 0 Å². The number of hydrogen-bond acceptors (Lipinski definition) is 1. The van der Waals surface area contributed by atoms with E-state index >= 15 is 0 Å². The summed E-state index contributed by atoms with van der Waals surface area (Å²) in [4.78, 5) is 5.63. The van der Waals surface area contributed by atoms with Crippen LogP contribution in [0.4, 0.5) is 0 Å². The first-order valence-corrected chi connectivity index (χ1v) is 19.9. The maximum absolute atomic E-state index is 5.63. The lowest BCUT2D eigenvalue weighted by Crippen LogP contribution is -2.01. The average molecular weight is 738 g/mol. The molecule has 270 valence electrons. The Hall–Kier alpha value is -7.75. The van der Waals surface area contributed by atoms with E-state index in [1.807, 2.05) is 0 Å². The van der Waals surface area contributed by atoms with E-state index in [0.717, 1.165) is 44.8 Å². The van der Waals surface area contributed by atoms with Crippen LogP contribution in [-0.2, 0) is 0 Å². The molecule has 58 heavy (non-hydrogen) atoms. The Morgan fingerprint density at radius 2 is 0.845 bits per heavy atom. The number of fused-ring (bicyclic) bond motifs is 12. The maximum Gasteiger partial charge on any atom is 0.138 e. The van der Waals surface area contributed by atoms with Gasteiger partial charge in [-0.1, -0.05) is 164 Å². The van der Waals surface area contributed by atoms with Crippen LogP contribution in [0.25, 0.3) is 110 Å². The van der Waals surface area contributed by atoms with Crippen LogP contribution in [0, 0.1) is 0 Å². The van der Waals surface area contributed by atoms with Crippen LogP contribution in [0.5, 0.6) is 0 Å². The van der Waals surface area contributed by atoms with E-state index in [1.54, 1.807) is 0 Å². The first-order chi connectivity index (χ1) is 28.8. The number of rotatable bonds is 5. The lowest BCUT2D eigenvalue weighted by Gasteiger charge is -2.16. The Morgan fingerprint density at radius 1 is 0.310 bits per heavy atom. The van der Waals surface area contributed by atoms with Crippen molar-refractivity contribution in [3.05, 3.63) is 212 Å². The molecule has 12 aromatic rings. The Morgan fingerprint density at radius 3 is 1.59 bits per heavy atom. The van der Waals surface area contributed by atoms with Gasteiger partial charge in [0.2, 0.25) is 0 Å². The summed E-state index contributed by atoms with van der Waals surface area (Å²) >= 11 is 0. The van der Waals surface area contributed by atoms with Gasteiger partial charge in [-0.05, 0) is 81.9 Å². The molecule has 0 bridgehead atoms. The van der Waals surface area contributed by atoms with Crippen LogP contribution in [0.2, 0.25) is 0 Å². The summed E-state index contributed by atoms with van der Waals surface area (Å²) in [5.74, 6) is 0.880. The van der Waals surface area contributed by atoms with E-state index in [2.05, 4.69) is 221 Å². The Labute approximate surface area is 335 Å². The smallest absolute Gasteiger partial charge is 0.138 e. The Kier molecular flexibility index (Phi) is 7.23. The van der Waals surface area contributed by atoms with Gasteiger partial charge >= 0.3 is 0 Å². The lowest BCUT2D eigenvalue weighted by atomic mass is 9.97. The van der Waals surface area contributed by atoms with E-state index in [9.17, 15) is 0 Å². The molecular formula is C55H35N3. The molecule has 0 unspecified atom stereocenters. The van der Waals surface area contributed by atoms with Crippen molar-refractivity contribution >= 4 is 59.9 Å². The first-order valence-electron chi connectivity index (χ1n) is 19.9. The second-order valence-electron chi connectivity index (χ2n) is 15.2. The van der Waals surface area contributed by atoms with Gasteiger partial charge in [0.1, 0.15) is 5.82 Å². The predicted octanol–water partition coefficient (Wildman–Crippen LogP) is 14.6. The molecular weight excluding hydrogens is 703 g/mol. The van der Waals surface area contributed by atoms with Gasteiger partial charge in [0.05, 0.1) is 33.3 Å². The minimum atomic E-state index is 0.880. The minimum Gasteiger partial charge on any atom is -0.309 e. The highest BCUT2D eigenvalue weighted by molar-refractivity contribution is 6.28. The summed E-state index contributed by atoms with van der Waals surface area (Å²) in [6.07, 6.45) is 0. The molecule has 3 nitrogen and oxygen atoms in total. The molecule has 0 radical (unpaired) electrons. The molecule has 12 rings (SSSR count). The molecule has 0 spiro atoms. The quantitative estimate of drug-likeness (QED) is 0.161. The number of para-hydroxylation sites is 3. The van der Waals surface area contributed by atoms with Crippen molar-refractivity contribution in [1.82, 2.24) is 14.0 Å².